The quantitative estimate of drug-likeness (QED) is 0.522. The number of hydrogen-bond acceptors (Lipinski definition) is 7. The number of anilines is 1. The maximum absolute atomic E-state index is 14.3. The Bertz CT molecular complexity index is 1150. The minimum Gasteiger partial charge on any atom is -0.484 e. The summed E-state index contributed by atoms with van der Waals surface area (Å²) < 4.78 is 27.7. The molecule has 34 heavy (non-hydrogen) atoms. The Balaban J connectivity index is 1.14. The minimum absolute atomic E-state index is 0.127. The Morgan fingerprint density at radius 2 is 2.15 bits per heavy atom. The molecular weight excluding hydrogens is 435 g/mol. The molecule has 2 fully saturated rings. The van der Waals surface area contributed by atoms with E-state index >= 15 is 0 Å². The number of nitrogens with zero attached hydrogens (tertiary/aromatic N) is 5. The first-order valence-electron chi connectivity index (χ1n) is 11.5. The molecule has 2 aliphatic heterocycles. The Kier molecular flexibility index (Phi) is 6.70. The van der Waals surface area contributed by atoms with Gasteiger partial charge in [-0.1, -0.05) is 0 Å². The van der Waals surface area contributed by atoms with Crippen molar-refractivity contribution < 1.29 is 13.9 Å². The normalized spacial score (nSPS) is 20.0. The number of nitrogens with one attached hydrogen (secondary N) is 1. The van der Waals surface area contributed by atoms with Gasteiger partial charge in [0.15, 0.2) is 11.6 Å². The molecule has 2 aromatic heterocycles. The van der Waals surface area contributed by atoms with Gasteiger partial charge in [-0.15, -0.1) is 0 Å². The van der Waals surface area contributed by atoms with Crippen molar-refractivity contribution in [3.8, 4) is 11.8 Å². The van der Waals surface area contributed by atoms with Crippen LogP contribution in [0, 0.1) is 17.1 Å². The van der Waals surface area contributed by atoms with Crippen LogP contribution in [0.2, 0.25) is 0 Å². The van der Waals surface area contributed by atoms with Gasteiger partial charge in [0.1, 0.15) is 18.5 Å². The van der Waals surface area contributed by atoms with Gasteiger partial charge in [-0.3, -0.25) is 9.88 Å². The monoisotopic (exact) mass is 462 g/mol. The van der Waals surface area contributed by atoms with E-state index in [2.05, 4.69) is 24.8 Å². The second-order valence-corrected chi connectivity index (χ2v) is 8.73. The molecule has 0 radical (unpaired) electrons. The van der Waals surface area contributed by atoms with E-state index in [4.69, 9.17) is 14.7 Å². The topological polar surface area (TPSA) is 88.2 Å². The lowest BCUT2D eigenvalue weighted by molar-refractivity contribution is -0.0597. The predicted octanol–water partition coefficient (Wildman–Crippen LogP) is 3.34. The number of pyridine rings is 1. The van der Waals surface area contributed by atoms with Crippen LogP contribution in [0.15, 0.2) is 48.9 Å². The number of rotatable bonds is 9. The third kappa shape index (κ3) is 5.35. The van der Waals surface area contributed by atoms with Crippen LogP contribution >= 0.6 is 0 Å². The smallest absolute Gasteiger partial charge is 0.165 e. The second-order valence-electron chi connectivity index (χ2n) is 8.73. The highest BCUT2D eigenvalue weighted by molar-refractivity contribution is 5.49. The van der Waals surface area contributed by atoms with E-state index in [1.807, 2.05) is 18.5 Å². The van der Waals surface area contributed by atoms with E-state index in [0.29, 0.717) is 17.4 Å². The Morgan fingerprint density at radius 3 is 2.91 bits per heavy atom. The number of nitriles is 1. The van der Waals surface area contributed by atoms with Crippen molar-refractivity contribution in [1.82, 2.24) is 19.4 Å². The van der Waals surface area contributed by atoms with Gasteiger partial charge in [0, 0.05) is 56.1 Å². The number of likely N-dealkylation sites (tertiary alicyclic amines) is 1. The first kappa shape index (κ1) is 22.3. The van der Waals surface area contributed by atoms with Gasteiger partial charge in [0.25, 0.3) is 0 Å². The van der Waals surface area contributed by atoms with Crippen molar-refractivity contribution in [3.63, 3.8) is 0 Å². The van der Waals surface area contributed by atoms with E-state index in [1.54, 1.807) is 24.3 Å². The molecule has 176 valence electrons. The molecule has 1 N–H and O–H groups in total. The standard InChI is InChI=1S/C25H27FN6O2/c26-23-4-3-19(11-24(23)34-17-21-2-1-18(12-27)13-29-21)30-20-5-8-31(14-20)16-25-28-7-9-32(25)15-22-6-10-33-22/h1-4,7,9,11,13,20,22,30H,5-6,8,10,14-17H2/t20-,22+/m1/s1. The molecule has 2 atom stereocenters. The average molecular weight is 463 g/mol. The van der Waals surface area contributed by atoms with E-state index in [9.17, 15) is 4.39 Å². The van der Waals surface area contributed by atoms with Crippen LogP contribution in [0.1, 0.15) is 29.9 Å². The number of halogens is 1. The molecule has 0 saturated carbocycles. The zero-order valence-corrected chi connectivity index (χ0v) is 18.9. The molecule has 0 unspecified atom stereocenters. The van der Waals surface area contributed by atoms with Crippen molar-refractivity contribution >= 4 is 5.69 Å². The van der Waals surface area contributed by atoms with Gasteiger partial charge in [-0.25, -0.2) is 9.37 Å². The lowest BCUT2D eigenvalue weighted by atomic mass is 10.2. The summed E-state index contributed by atoms with van der Waals surface area (Å²) in [6.07, 6.45) is 7.77. The fourth-order valence-electron chi connectivity index (χ4n) is 4.27. The maximum atomic E-state index is 14.3. The van der Waals surface area contributed by atoms with Crippen LogP contribution in [0.3, 0.4) is 0 Å². The summed E-state index contributed by atoms with van der Waals surface area (Å²) in [5.41, 5.74) is 1.92. The van der Waals surface area contributed by atoms with E-state index in [0.717, 1.165) is 57.1 Å². The predicted molar refractivity (Wildman–Crippen MR) is 124 cm³/mol. The molecule has 9 heteroatoms. The molecule has 4 heterocycles. The second kappa shape index (κ2) is 10.2. The number of aromatic nitrogens is 3. The minimum atomic E-state index is -0.422. The van der Waals surface area contributed by atoms with Gasteiger partial charge in [0.05, 0.1) is 30.5 Å². The highest BCUT2D eigenvalue weighted by atomic mass is 19.1. The van der Waals surface area contributed by atoms with Gasteiger partial charge in [0.2, 0.25) is 0 Å². The number of benzene rings is 1. The molecule has 0 aliphatic carbocycles. The fourth-order valence-corrected chi connectivity index (χ4v) is 4.27. The lowest BCUT2D eigenvalue weighted by Crippen LogP contribution is -2.32. The summed E-state index contributed by atoms with van der Waals surface area (Å²) in [6.45, 7) is 4.50. The van der Waals surface area contributed by atoms with Crippen molar-refractivity contribution in [2.24, 2.45) is 0 Å². The van der Waals surface area contributed by atoms with Crippen molar-refractivity contribution in [1.29, 1.82) is 5.26 Å². The van der Waals surface area contributed by atoms with Crippen LogP contribution in [0.5, 0.6) is 5.75 Å². The molecular formula is C25H27FN6O2. The van der Waals surface area contributed by atoms with Gasteiger partial charge in [-0.05, 0) is 37.1 Å². The first-order valence-corrected chi connectivity index (χ1v) is 11.5. The SMILES string of the molecule is N#Cc1ccc(COc2cc(N[C@@H]3CCN(Cc4nccn4C[C@@H]4CCO4)C3)ccc2F)nc1. The van der Waals surface area contributed by atoms with Crippen molar-refractivity contribution in [2.45, 2.75) is 44.7 Å². The summed E-state index contributed by atoms with van der Waals surface area (Å²) in [4.78, 5) is 11.1. The Hall–Kier alpha value is -3.48. The third-order valence-electron chi connectivity index (χ3n) is 6.26. The van der Waals surface area contributed by atoms with Crippen LogP contribution in [-0.2, 0) is 24.4 Å². The van der Waals surface area contributed by atoms with E-state index in [-0.39, 0.29) is 18.4 Å². The first-order chi connectivity index (χ1) is 16.7. The number of ether oxygens (including phenoxy) is 2. The zero-order chi connectivity index (χ0) is 23.3. The molecule has 5 rings (SSSR count). The van der Waals surface area contributed by atoms with Crippen LogP contribution in [0.25, 0.3) is 0 Å². The van der Waals surface area contributed by atoms with E-state index < -0.39 is 5.82 Å². The molecule has 0 amide bonds. The van der Waals surface area contributed by atoms with Gasteiger partial charge < -0.3 is 19.4 Å². The molecule has 0 bridgehead atoms. The summed E-state index contributed by atoms with van der Waals surface area (Å²) >= 11 is 0. The summed E-state index contributed by atoms with van der Waals surface area (Å²) in [7, 11) is 0. The van der Waals surface area contributed by atoms with Crippen LogP contribution in [0.4, 0.5) is 10.1 Å². The van der Waals surface area contributed by atoms with Crippen molar-refractivity contribution in [2.75, 3.05) is 25.0 Å². The van der Waals surface area contributed by atoms with Crippen molar-refractivity contribution in [3.05, 3.63) is 71.8 Å². The molecule has 2 saturated heterocycles. The Morgan fingerprint density at radius 1 is 1.24 bits per heavy atom. The summed E-state index contributed by atoms with van der Waals surface area (Å²) in [6, 6.07) is 10.5. The third-order valence-corrected chi connectivity index (χ3v) is 6.26. The molecule has 3 aromatic rings. The maximum Gasteiger partial charge on any atom is 0.165 e. The lowest BCUT2D eigenvalue weighted by Gasteiger charge is -2.27. The molecule has 0 spiro atoms. The zero-order valence-electron chi connectivity index (χ0n) is 18.9. The highest BCUT2D eigenvalue weighted by Gasteiger charge is 2.25. The Labute approximate surface area is 198 Å². The van der Waals surface area contributed by atoms with Gasteiger partial charge >= 0.3 is 0 Å². The average Bonchev–Trinajstić information content (AvgIpc) is 3.46. The van der Waals surface area contributed by atoms with Gasteiger partial charge in [-0.2, -0.15) is 5.26 Å². The van der Waals surface area contributed by atoms with Crippen LogP contribution < -0.4 is 10.1 Å². The largest absolute Gasteiger partial charge is 0.484 e. The summed E-state index contributed by atoms with van der Waals surface area (Å²) in [5, 5.41) is 12.4. The highest BCUT2D eigenvalue weighted by Crippen LogP contribution is 2.25. The number of hydrogen-bond donors (Lipinski definition) is 1. The molecule has 2 aliphatic rings. The molecule has 1 aromatic carbocycles. The summed E-state index contributed by atoms with van der Waals surface area (Å²) in [5.74, 6) is 0.811. The fraction of sp³-hybridized carbons (Fsp3) is 0.400. The molecule has 8 nitrogen and oxygen atoms in total. The van der Waals surface area contributed by atoms with E-state index in [1.165, 1.54) is 12.3 Å². The number of imidazole rings is 1. The van der Waals surface area contributed by atoms with Crippen LogP contribution in [-0.4, -0.2) is 51.3 Å².